The van der Waals surface area contributed by atoms with Crippen LogP contribution in [-0.2, 0) is 9.53 Å². The van der Waals surface area contributed by atoms with E-state index in [0.717, 1.165) is 50.5 Å². The molecular formula is C22H34O3. The van der Waals surface area contributed by atoms with Gasteiger partial charge in [-0.3, -0.25) is 4.79 Å². The molecule has 1 saturated carbocycles. The van der Waals surface area contributed by atoms with Crippen molar-refractivity contribution in [3.63, 3.8) is 0 Å². The van der Waals surface area contributed by atoms with Crippen molar-refractivity contribution in [2.75, 3.05) is 7.11 Å². The summed E-state index contributed by atoms with van der Waals surface area (Å²) in [5, 5.41) is 10.7. The quantitative estimate of drug-likeness (QED) is 0.558. The summed E-state index contributed by atoms with van der Waals surface area (Å²) >= 11 is 0. The summed E-state index contributed by atoms with van der Waals surface area (Å²) in [6, 6.07) is 0. The summed E-state index contributed by atoms with van der Waals surface area (Å²) in [4.78, 5) is 12.3. The van der Waals surface area contributed by atoms with E-state index in [0.29, 0.717) is 6.42 Å². The van der Waals surface area contributed by atoms with Crippen LogP contribution in [0.15, 0.2) is 34.9 Å². The molecule has 0 amide bonds. The molecule has 25 heavy (non-hydrogen) atoms. The van der Waals surface area contributed by atoms with E-state index in [2.05, 4.69) is 32.1 Å². The Labute approximate surface area is 152 Å². The van der Waals surface area contributed by atoms with Crippen molar-refractivity contribution in [2.45, 2.75) is 78.2 Å². The summed E-state index contributed by atoms with van der Waals surface area (Å²) in [6.07, 6.45) is 13.6. The van der Waals surface area contributed by atoms with Gasteiger partial charge in [-0.2, -0.15) is 0 Å². The summed E-state index contributed by atoms with van der Waals surface area (Å²) in [6.45, 7) is 6.36. The number of methoxy groups -OCH3 is 1. The van der Waals surface area contributed by atoms with Crippen molar-refractivity contribution in [2.24, 2.45) is 11.3 Å². The third-order valence-corrected chi connectivity index (χ3v) is 6.02. The van der Waals surface area contributed by atoms with Gasteiger partial charge in [0, 0.05) is 0 Å². The first-order valence-electron chi connectivity index (χ1n) is 9.63. The second-order valence-corrected chi connectivity index (χ2v) is 7.96. The molecule has 2 rings (SSSR count). The molecule has 0 bridgehead atoms. The van der Waals surface area contributed by atoms with Gasteiger partial charge in [0.15, 0.2) is 0 Å². The van der Waals surface area contributed by atoms with E-state index in [-0.39, 0.29) is 17.3 Å². The molecule has 2 aliphatic rings. The number of aliphatic hydroxyl groups is 1. The van der Waals surface area contributed by atoms with E-state index in [1.165, 1.54) is 18.3 Å². The molecular weight excluding hydrogens is 312 g/mol. The number of hydrogen-bond donors (Lipinski definition) is 1. The van der Waals surface area contributed by atoms with Crippen LogP contribution in [0.25, 0.3) is 0 Å². The molecule has 0 unspecified atom stereocenters. The zero-order chi connectivity index (χ0) is 18.4. The Morgan fingerprint density at radius 1 is 1.12 bits per heavy atom. The fourth-order valence-corrected chi connectivity index (χ4v) is 3.93. The van der Waals surface area contributed by atoms with Crippen LogP contribution in [0.1, 0.15) is 72.1 Å². The van der Waals surface area contributed by atoms with Crippen LogP contribution < -0.4 is 0 Å². The molecule has 0 saturated heterocycles. The number of hydrogen-bond acceptors (Lipinski definition) is 3. The molecule has 1 N–H and O–H groups in total. The van der Waals surface area contributed by atoms with Crippen LogP contribution in [0, 0.1) is 11.3 Å². The Kier molecular flexibility index (Phi) is 7.06. The Bertz CT molecular complexity index is 564. The molecule has 0 aromatic heterocycles. The lowest BCUT2D eigenvalue weighted by atomic mass is 9.79. The van der Waals surface area contributed by atoms with Gasteiger partial charge in [0.1, 0.15) is 0 Å². The van der Waals surface area contributed by atoms with Crippen molar-refractivity contribution in [3.8, 4) is 0 Å². The lowest BCUT2D eigenvalue weighted by molar-refractivity contribution is -0.150. The van der Waals surface area contributed by atoms with Gasteiger partial charge >= 0.3 is 5.97 Å². The summed E-state index contributed by atoms with van der Waals surface area (Å²) in [5.41, 5.74) is 3.44. The van der Waals surface area contributed by atoms with E-state index in [1.807, 2.05) is 6.92 Å². The van der Waals surface area contributed by atoms with Gasteiger partial charge in [0.05, 0.1) is 18.6 Å². The van der Waals surface area contributed by atoms with Gasteiger partial charge in [-0.15, -0.1) is 0 Å². The highest BCUT2D eigenvalue weighted by Crippen LogP contribution is 2.56. The monoisotopic (exact) mass is 346 g/mol. The van der Waals surface area contributed by atoms with E-state index < -0.39 is 6.10 Å². The fourth-order valence-electron chi connectivity index (χ4n) is 3.93. The van der Waals surface area contributed by atoms with Crippen LogP contribution in [0.2, 0.25) is 0 Å². The van der Waals surface area contributed by atoms with E-state index in [1.54, 1.807) is 0 Å². The first kappa shape index (κ1) is 20.0. The summed E-state index contributed by atoms with van der Waals surface area (Å²) < 4.78 is 5.08. The summed E-state index contributed by atoms with van der Waals surface area (Å²) in [5.74, 6) is 0.0921. The Morgan fingerprint density at radius 3 is 2.44 bits per heavy atom. The number of allylic oxidation sites excluding steroid dienone is 5. The molecule has 0 radical (unpaired) electrons. The lowest BCUT2D eigenvalue weighted by Gasteiger charge is -2.28. The van der Waals surface area contributed by atoms with Crippen LogP contribution in [-0.4, -0.2) is 24.3 Å². The lowest BCUT2D eigenvalue weighted by Crippen LogP contribution is -2.30. The molecule has 1 fully saturated rings. The minimum absolute atomic E-state index is 0.0901. The Morgan fingerprint density at radius 2 is 1.80 bits per heavy atom. The number of ether oxygens (including phenoxy) is 1. The highest BCUT2D eigenvalue weighted by Gasteiger charge is 2.56. The second kappa shape index (κ2) is 8.84. The largest absolute Gasteiger partial charge is 0.469 e. The molecule has 2 atom stereocenters. The molecule has 3 heteroatoms. The fraction of sp³-hybridized carbons (Fsp3) is 0.682. The van der Waals surface area contributed by atoms with Gasteiger partial charge in [-0.1, -0.05) is 29.4 Å². The van der Waals surface area contributed by atoms with Crippen molar-refractivity contribution >= 4 is 5.97 Å². The molecule has 0 heterocycles. The summed E-state index contributed by atoms with van der Waals surface area (Å²) in [7, 11) is 1.48. The SMILES string of the molecule is COC(=O)C1([C@H]2CC/C(C)=C\CC/C(C)=C\C/C=C(/C)[C@H](O)C2)CC1. The molecule has 140 valence electrons. The number of carbonyl (C=O) groups excluding carboxylic acids is 1. The van der Waals surface area contributed by atoms with Crippen LogP contribution >= 0.6 is 0 Å². The molecule has 0 spiro atoms. The van der Waals surface area contributed by atoms with Crippen LogP contribution in [0.4, 0.5) is 0 Å². The average Bonchev–Trinajstić information content (AvgIpc) is 3.38. The maximum absolute atomic E-state index is 12.3. The molecule has 3 nitrogen and oxygen atoms in total. The highest BCUT2D eigenvalue weighted by atomic mass is 16.5. The maximum Gasteiger partial charge on any atom is 0.312 e. The molecule has 0 aromatic rings. The van der Waals surface area contributed by atoms with Gasteiger partial charge in [0.25, 0.3) is 0 Å². The van der Waals surface area contributed by atoms with Crippen molar-refractivity contribution in [1.29, 1.82) is 0 Å². The standard InChI is InChI=1S/C22H34O3/c1-16-7-5-8-17(2)11-12-19(22(13-14-22)21(24)25-4)15-20(23)18(3)10-6-9-16/h8-10,19-20,23H,5-7,11-15H2,1-4H3/b16-9-,17-8-,18-10-/t19-,20+/m0/s1. The van der Waals surface area contributed by atoms with Crippen molar-refractivity contribution in [1.82, 2.24) is 0 Å². The van der Waals surface area contributed by atoms with Gasteiger partial charge < -0.3 is 9.84 Å². The predicted octanol–water partition coefficient (Wildman–Crippen LogP) is 5.11. The highest BCUT2D eigenvalue weighted by molar-refractivity contribution is 5.80. The van der Waals surface area contributed by atoms with Gasteiger partial charge in [0.2, 0.25) is 0 Å². The normalized spacial score (nSPS) is 34.4. The van der Waals surface area contributed by atoms with E-state index in [4.69, 9.17) is 4.74 Å². The van der Waals surface area contributed by atoms with Crippen molar-refractivity contribution in [3.05, 3.63) is 34.9 Å². The number of rotatable bonds is 2. The number of aliphatic hydroxyl groups excluding tert-OH is 1. The van der Waals surface area contributed by atoms with Crippen molar-refractivity contribution < 1.29 is 14.6 Å². The predicted molar refractivity (Wildman–Crippen MR) is 102 cm³/mol. The Hall–Kier alpha value is -1.35. The third kappa shape index (κ3) is 5.31. The zero-order valence-electron chi connectivity index (χ0n) is 16.3. The van der Waals surface area contributed by atoms with Crippen LogP contribution in [0.3, 0.4) is 0 Å². The Balaban J connectivity index is 2.21. The second-order valence-electron chi connectivity index (χ2n) is 7.96. The molecule has 0 aromatic carbocycles. The first-order chi connectivity index (χ1) is 11.9. The molecule has 0 aliphatic heterocycles. The number of carbonyl (C=O) groups is 1. The number of esters is 1. The van der Waals surface area contributed by atoms with Gasteiger partial charge in [-0.25, -0.2) is 0 Å². The zero-order valence-corrected chi connectivity index (χ0v) is 16.3. The average molecular weight is 347 g/mol. The minimum atomic E-state index is -0.479. The van der Waals surface area contributed by atoms with Gasteiger partial charge in [-0.05, 0) is 83.6 Å². The minimum Gasteiger partial charge on any atom is -0.469 e. The molecule has 2 aliphatic carbocycles. The van der Waals surface area contributed by atoms with Crippen LogP contribution in [0.5, 0.6) is 0 Å². The third-order valence-electron chi connectivity index (χ3n) is 6.02. The topological polar surface area (TPSA) is 46.5 Å². The maximum atomic E-state index is 12.3. The van der Waals surface area contributed by atoms with E-state index in [9.17, 15) is 9.90 Å². The van der Waals surface area contributed by atoms with E-state index >= 15 is 0 Å². The smallest absolute Gasteiger partial charge is 0.312 e. The first-order valence-corrected chi connectivity index (χ1v) is 9.63.